The quantitative estimate of drug-likeness (QED) is 0.676. The first-order valence-electron chi connectivity index (χ1n) is 3.88. The Balaban J connectivity index is 2.29. The molecule has 1 aromatic rings. The number of aliphatic hydroxyl groups is 2. The molecule has 1 aliphatic heterocycles. The average molecular weight is 166 g/mol. The highest BCUT2D eigenvalue weighted by molar-refractivity contribution is 5.43. The van der Waals surface area contributed by atoms with Gasteiger partial charge in [0.1, 0.15) is 5.75 Å². The topological polar surface area (TPSA) is 49.7 Å². The van der Waals surface area contributed by atoms with E-state index < -0.39 is 5.79 Å². The fourth-order valence-electron chi connectivity index (χ4n) is 1.41. The van der Waals surface area contributed by atoms with Crippen LogP contribution in [0.15, 0.2) is 24.3 Å². The summed E-state index contributed by atoms with van der Waals surface area (Å²) in [4.78, 5) is 0. The Kier molecular flexibility index (Phi) is 1.56. The summed E-state index contributed by atoms with van der Waals surface area (Å²) >= 11 is 0. The monoisotopic (exact) mass is 166 g/mol. The largest absolute Gasteiger partial charge is 0.457 e. The lowest BCUT2D eigenvalue weighted by Crippen LogP contribution is -2.41. The van der Waals surface area contributed by atoms with Gasteiger partial charge in [0.05, 0.1) is 5.56 Å². The molecule has 1 heterocycles. The van der Waals surface area contributed by atoms with Crippen LogP contribution in [0.25, 0.3) is 0 Å². The van der Waals surface area contributed by atoms with Crippen molar-refractivity contribution in [1.82, 2.24) is 0 Å². The normalized spacial score (nSPS) is 25.5. The molecule has 12 heavy (non-hydrogen) atoms. The molecule has 2 N–H and O–H groups in total. The summed E-state index contributed by atoms with van der Waals surface area (Å²) in [6.45, 7) is -0.0785. The Hall–Kier alpha value is -1.06. The third-order valence-corrected chi connectivity index (χ3v) is 2.04. The Labute approximate surface area is 70.2 Å². The van der Waals surface area contributed by atoms with Crippen LogP contribution in [0.4, 0.5) is 0 Å². The minimum atomic E-state index is -1.24. The molecule has 3 nitrogen and oxygen atoms in total. The van der Waals surface area contributed by atoms with Crippen molar-refractivity contribution in [2.45, 2.75) is 12.2 Å². The Morgan fingerprint density at radius 3 is 2.75 bits per heavy atom. The molecule has 0 fully saturated rings. The SMILES string of the molecule is OCC[C@@]1(O)Oc2ccccc21. The lowest BCUT2D eigenvalue weighted by molar-refractivity contribution is -0.191. The summed E-state index contributed by atoms with van der Waals surface area (Å²) in [6.07, 6.45) is 0.226. The van der Waals surface area contributed by atoms with E-state index in [9.17, 15) is 5.11 Å². The van der Waals surface area contributed by atoms with Crippen LogP contribution in [0.3, 0.4) is 0 Å². The van der Waals surface area contributed by atoms with Gasteiger partial charge in [0.25, 0.3) is 0 Å². The number of hydrogen-bond acceptors (Lipinski definition) is 3. The number of fused-ring (bicyclic) bond motifs is 1. The van der Waals surface area contributed by atoms with E-state index in [0.717, 1.165) is 5.56 Å². The maximum Gasteiger partial charge on any atom is 0.240 e. The van der Waals surface area contributed by atoms with Crippen LogP contribution in [-0.4, -0.2) is 16.8 Å². The van der Waals surface area contributed by atoms with Gasteiger partial charge in [-0.15, -0.1) is 0 Å². The zero-order valence-electron chi connectivity index (χ0n) is 6.53. The summed E-state index contributed by atoms with van der Waals surface area (Å²) in [5.74, 6) is -0.542. The zero-order valence-corrected chi connectivity index (χ0v) is 6.53. The summed E-state index contributed by atoms with van der Waals surface area (Å²) in [6, 6.07) is 7.27. The van der Waals surface area contributed by atoms with E-state index in [2.05, 4.69) is 0 Å². The summed E-state index contributed by atoms with van der Waals surface area (Å²) in [7, 11) is 0. The predicted octanol–water partition coefficient (Wildman–Crippen LogP) is 0.607. The molecule has 0 saturated carbocycles. The molecule has 64 valence electrons. The van der Waals surface area contributed by atoms with Crippen molar-refractivity contribution < 1.29 is 14.9 Å². The average Bonchev–Trinajstić information content (AvgIpc) is 2.04. The highest BCUT2D eigenvalue weighted by Gasteiger charge is 2.42. The number of rotatable bonds is 2. The van der Waals surface area contributed by atoms with E-state index in [1.807, 2.05) is 12.1 Å². The molecular weight excluding hydrogens is 156 g/mol. The minimum Gasteiger partial charge on any atom is -0.457 e. The summed E-state index contributed by atoms with van der Waals surface area (Å²) in [5.41, 5.74) is 0.763. The van der Waals surface area contributed by atoms with Crippen LogP contribution in [0, 0.1) is 0 Å². The van der Waals surface area contributed by atoms with Gasteiger partial charge in [-0.2, -0.15) is 0 Å². The molecule has 1 atom stereocenters. The van der Waals surface area contributed by atoms with Crippen molar-refractivity contribution in [3.05, 3.63) is 29.8 Å². The highest BCUT2D eigenvalue weighted by Crippen LogP contribution is 2.43. The maximum atomic E-state index is 9.68. The Bertz CT molecular complexity index is 298. The second kappa shape index (κ2) is 2.47. The van der Waals surface area contributed by atoms with Crippen LogP contribution in [0.5, 0.6) is 5.75 Å². The molecule has 0 unspecified atom stereocenters. The fourth-order valence-corrected chi connectivity index (χ4v) is 1.41. The van der Waals surface area contributed by atoms with E-state index in [-0.39, 0.29) is 13.0 Å². The van der Waals surface area contributed by atoms with Crippen molar-refractivity contribution in [1.29, 1.82) is 0 Å². The molecule has 0 amide bonds. The second-order valence-electron chi connectivity index (χ2n) is 2.86. The molecule has 0 radical (unpaired) electrons. The standard InChI is InChI=1S/C9H10O3/c10-6-5-9(11)7-3-1-2-4-8(7)12-9/h1-4,10-11H,5-6H2/t9-/m1/s1. The van der Waals surface area contributed by atoms with Crippen LogP contribution in [0.2, 0.25) is 0 Å². The Morgan fingerprint density at radius 2 is 2.08 bits per heavy atom. The van der Waals surface area contributed by atoms with Crippen LogP contribution in [-0.2, 0) is 5.79 Å². The van der Waals surface area contributed by atoms with Crippen molar-refractivity contribution in [2.75, 3.05) is 6.61 Å². The molecule has 0 aromatic heterocycles. The molecular formula is C9H10O3. The van der Waals surface area contributed by atoms with Crippen LogP contribution < -0.4 is 4.74 Å². The molecule has 0 aliphatic carbocycles. The second-order valence-corrected chi connectivity index (χ2v) is 2.86. The molecule has 0 saturated heterocycles. The van der Waals surface area contributed by atoms with Gasteiger partial charge in [0.2, 0.25) is 5.79 Å². The molecule has 1 aliphatic rings. The number of aliphatic hydroxyl groups excluding tert-OH is 1. The number of hydrogen-bond donors (Lipinski definition) is 2. The van der Waals surface area contributed by atoms with Gasteiger partial charge >= 0.3 is 0 Å². The first-order valence-corrected chi connectivity index (χ1v) is 3.88. The molecule has 2 rings (SSSR count). The van der Waals surface area contributed by atoms with E-state index in [1.54, 1.807) is 12.1 Å². The number of para-hydroxylation sites is 1. The van der Waals surface area contributed by atoms with Crippen molar-refractivity contribution in [3.8, 4) is 5.75 Å². The Morgan fingerprint density at radius 1 is 1.33 bits per heavy atom. The van der Waals surface area contributed by atoms with E-state index in [1.165, 1.54) is 0 Å². The van der Waals surface area contributed by atoms with Gasteiger partial charge in [0, 0.05) is 13.0 Å². The van der Waals surface area contributed by atoms with Crippen molar-refractivity contribution in [3.63, 3.8) is 0 Å². The predicted molar refractivity (Wildman–Crippen MR) is 42.7 cm³/mol. The van der Waals surface area contributed by atoms with Gasteiger partial charge in [-0.25, -0.2) is 0 Å². The molecule has 0 spiro atoms. The van der Waals surface area contributed by atoms with Gasteiger partial charge in [-0.3, -0.25) is 0 Å². The minimum absolute atomic E-state index is 0.0785. The third kappa shape index (κ3) is 0.906. The smallest absolute Gasteiger partial charge is 0.240 e. The van der Waals surface area contributed by atoms with Crippen molar-refractivity contribution in [2.24, 2.45) is 0 Å². The molecule has 0 bridgehead atoms. The lowest BCUT2D eigenvalue weighted by atomic mass is 9.96. The zero-order chi connectivity index (χ0) is 8.60. The first-order chi connectivity index (χ1) is 5.76. The number of benzene rings is 1. The van der Waals surface area contributed by atoms with Gasteiger partial charge in [-0.1, -0.05) is 12.1 Å². The summed E-state index contributed by atoms with van der Waals surface area (Å²) < 4.78 is 5.11. The third-order valence-electron chi connectivity index (χ3n) is 2.04. The van der Waals surface area contributed by atoms with Crippen LogP contribution in [0.1, 0.15) is 12.0 Å². The van der Waals surface area contributed by atoms with Crippen molar-refractivity contribution >= 4 is 0 Å². The highest BCUT2D eigenvalue weighted by atomic mass is 16.6. The summed E-state index contributed by atoms with van der Waals surface area (Å²) in [5, 5.41) is 18.3. The van der Waals surface area contributed by atoms with Gasteiger partial charge in [-0.05, 0) is 12.1 Å². The van der Waals surface area contributed by atoms with Gasteiger partial charge < -0.3 is 14.9 Å². The van der Waals surface area contributed by atoms with E-state index >= 15 is 0 Å². The molecule has 3 heteroatoms. The lowest BCUT2D eigenvalue weighted by Gasteiger charge is -2.38. The van der Waals surface area contributed by atoms with Gasteiger partial charge in [0.15, 0.2) is 0 Å². The van der Waals surface area contributed by atoms with E-state index in [4.69, 9.17) is 9.84 Å². The molecule has 1 aromatic carbocycles. The first kappa shape index (κ1) is 7.58. The van der Waals surface area contributed by atoms with E-state index in [0.29, 0.717) is 5.75 Å². The fraction of sp³-hybridized carbons (Fsp3) is 0.333. The number of ether oxygens (including phenoxy) is 1. The van der Waals surface area contributed by atoms with Crippen LogP contribution >= 0.6 is 0 Å². The maximum absolute atomic E-state index is 9.68.